The number of fused-ring (bicyclic) bond motifs is 1. The lowest BCUT2D eigenvalue weighted by Gasteiger charge is -2.31. The molecular formula is C15H20N2O2. The molecule has 0 aromatic heterocycles. The van der Waals surface area contributed by atoms with Gasteiger partial charge >= 0.3 is 0 Å². The van der Waals surface area contributed by atoms with Gasteiger partial charge in [0.1, 0.15) is 5.75 Å². The van der Waals surface area contributed by atoms with E-state index in [0.29, 0.717) is 6.04 Å². The minimum absolute atomic E-state index is 0.0924. The second-order valence-electron chi connectivity index (χ2n) is 5.89. The molecule has 102 valence electrons. The summed E-state index contributed by atoms with van der Waals surface area (Å²) in [6.45, 7) is 4.70. The van der Waals surface area contributed by atoms with Crippen LogP contribution in [-0.2, 0) is 11.2 Å². The lowest BCUT2D eigenvalue weighted by atomic mass is 10.0. The summed E-state index contributed by atoms with van der Waals surface area (Å²) in [6.07, 6.45) is 3.51. The number of amides is 1. The first-order valence-electron chi connectivity index (χ1n) is 6.91. The third-order valence-electron chi connectivity index (χ3n) is 3.85. The molecule has 3 rings (SSSR count). The molecule has 0 bridgehead atoms. The number of rotatable bonds is 2. The molecule has 1 amide bonds. The minimum Gasteiger partial charge on any atom is -0.476 e. The van der Waals surface area contributed by atoms with Gasteiger partial charge in [0.05, 0.1) is 5.69 Å². The molecule has 0 radical (unpaired) electrons. The van der Waals surface area contributed by atoms with Crippen LogP contribution in [0.1, 0.15) is 32.3 Å². The molecule has 1 unspecified atom stereocenters. The Morgan fingerprint density at radius 3 is 3.00 bits per heavy atom. The number of ether oxygens (including phenoxy) is 1. The highest BCUT2D eigenvalue weighted by Gasteiger charge is 2.35. The zero-order valence-corrected chi connectivity index (χ0v) is 11.5. The fraction of sp³-hybridized carbons (Fsp3) is 0.533. The van der Waals surface area contributed by atoms with Gasteiger partial charge in [0.25, 0.3) is 5.91 Å². The van der Waals surface area contributed by atoms with Crippen molar-refractivity contribution in [3.05, 3.63) is 23.8 Å². The Balaban J connectivity index is 1.81. The van der Waals surface area contributed by atoms with Crippen LogP contribution >= 0.6 is 0 Å². The van der Waals surface area contributed by atoms with Crippen LogP contribution < -0.4 is 15.4 Å². The van der Waals surface area contributed by atoms with E-state index in [2.05, 4.69) is 22.8 Å². The number of anilines is 1. The molecule has 1 aromatic carbocycles. The third kappa shape index (κ3) is 2.45. The fourth-order valence-corrected chi connectivity index (χ4v) is 2.69. The number of nitrogens with one attached hydrogen (secondary N) is 2. The summed E-state index contributed by atoms with van der Waals surface area (Å²) < 4.78 is 5.80. The molecule has 2 aliphatic heterocycles. The number of carbonyl (C=O) groups is 1. The molecule has 1 atom stereocenters. The predicted octanol–water partition coefficient (Wildman–Crippen LogP) is 2.09. The van der Waals surface area contributed by atoms with Crippen LogP contribution in [-0.4, -0.2) is 24.1 Å². The molecule has 19 heavy (non-hydrogen) atoms. The highest BCUT2D eigenvalue weighted by molar-refractivity contribution is 6.00. The van der Waals surface area contributed by atoms with Crippen molar-refractivity contribution >= 4 is 11.6 Å². The first kappa shape index (κ1) is 12.5. The Labute approximate surface area is 113 Å². The zero-order chi connectivity index (χ0) is 13.5. The van der Waals surface area contributed by atoms with Gasteiger partial charge in [0.15, 0.2) is 5.60 Å². The van der Waals surface area contributed by atoms with E-state index < -0.39 is 5.60 Å². The summed E-state index contributed by atoms with van der Waals surface area (Å²) in [7, 11) is 0. The molecule has 1 aromatic rings. The normalized spacial score (nSPS) is 24.5. The average Bonchev–Trinajstić information content (AvgIpc) is 2.83. The van der Waals surface area contributed by atoms with Gasteiger partial charge in [0.2, 0.25) is 0 Å². The molecule has 4 heteroatoms. The van der Waals surface area contributed by atoms with E-state index in [-0.39, 0.29) is 5.91 Å². The van der Waals surface area contributed by atoms with Crippen molar-refractivity contribution in [2.75, 3.05) is 11.9 Å². The van der Waals surface area contributed by atoms with Crippen LogP contribution in [0.5, 0.6) is 5.75 Å². The molecule has 0 spiro atoms. The molecule has 1 saturated heterocycles. The maximum Gasteiger partial charge on any atom is 0.268 e. The predicted molar refractivity (Wildman–Crippen MR) is 74.5 cm³/mol. The van der Waals surface area contributed by atoms with Crippen molar-refractivity contribution in [2.45, 2.75) is 44.8 Å². The Morgan fingerprint density at radius 1 is 1.42 bits per heavy atom. The van der Waals surface area contributed by atoms with Gasteiger partial charge in [-0.1, -0.05) is 6.07 Å². The van der Waals surface area contributed by atoms with E-state index in [1.807, 2.05) is 6.07 Å². The van der Waals surface area contributed by atoms with Gasteiger partial charge in [-0.3, -0.25) is 4.79 Å². The Morgan fingerprint density at radius 2 is 2.26 bits per heavy atom. The number of hydrogen-bond donors (Lipinski definition) is 2. The van der Waals surface area contributed by atoms with Crippen molar-refractivity contribution in [3.8, 4) is 5.75 Å². The number of benzene rings is 1. The van der Waals surface area contributed by atoms with E-state index in [1.165, 1.54) is 18.4 Å². The summed E-state index contributed by atoms with van der Waals surface area (Å²) >= 11 is 0. The van der Waals surface area contributed by atoms with Crippen molar-refractivity contribution in [3.63, 3.8) is 0 Å². The lowest BCUT2D eigenvalue weighted by molar-refractivity contribution is -0.129. The summed E-state index contributed by atoms with van der Waals surface area (Å²) in [5, 5.41) is 6.39. The average molecular weight is 260 g/mol. The van der Waals surface area contributed by atoms with E-state index >= 15 is 0 Å². The largest absolute Gasteiger partial charge is 0.476 e. The topological polar surface area (TPSA) is 50.4 Å². The Kier molecular flexibility index (Phi) is 2.97. The van der Waals surface area contributed by atoms with E-state index in [1.54, 1.807) is 13.8 Å². The molecule has 4 nitrogen and oxygen atoms in total. The van der Waals surface area contributed by atoms with Crippen LogP contribution in [0, 0.1) is 0 Å². The number of carbonyl (C=O) groups excluding carboxylic acids is 1. The fourth-order valence-electron chi connectivity index (χ4n) is 2.69. The quantitative estimate of drug-likeness (QED) is 0.856. The monoisotopic (exact) mass is 260 g/mol. The van der Waals surface area contributed by atoms with Crippen molar-refractivity contribution in [1.82, 2.24) is 5.32 Å². The molecule has 1 fully saturated rings. The SMILES string of the molecule is CC1(C)Oc2cc(CC3CCCN3)ccc2NC1=O. The molecule has 2 aliphatic rings. The van der Waals surface area contributed by atoms with Crippen molar-refractivity contribution < 1.29 is 9.53 Å². The van der Waals surface area contributed by atoms with Gasteiger partial charge in [0, 0.05) is 6.04 Å². The zero-order valence-electron chi connectivity index (χ0n) is 11.5. The highest BCUT2D eigenvalue weighted by atomic mass is 16.5. The highest BCUT2D eigenvalue weighted by Crippen LogP contribution is 2.34. The first-order valence-corrected chi connectivity index (χ1v) is 6.91. The molecular weight excluding hydrogens is 240 g/mol. The molecule has 2 N–H and O–H groups in total. The molecule has 2 heterocycles. The minimum atomic E-state index is -0.794. The van der Waals surface area contributed by atoms with Gasteiger partial charge in [-0.2, -0.15) is 0 Å². The maximum atomic E-state index is 11.8. The van der Waals surface area contributed by atoms with Crippen LogP contribution in [0.3, 0.4) is 0 Å². The van der Waals surface area contributed by atoms with Gasteiger partial charge in [-0.25, -0.2) is 0 Å². The van der Waals surface area contributed by atoms with Crippen molar-refractivity contribution in [1.29, 1.82) is 0 Å². The summed E-state index contributed by atoms with van der Waals surface area (Å²) in [6, 6.07) is 6.63. The lowest BCUT2D eigenvalue weighted by Crippen LogP contribution is -2.45. The van der Waals surface area contributed by atoms with E-state index in [0.717, 1.165) is 24.4 Å². The van der Waals surface area contributed by atoms with Gasteiger partial charge in [-0.15, -0.1) is 0 Å². The van der Waals surface area contributed by atoms with Crippen LogP contribution in [0.25, 0.3) is 0 Å². The summed E-state index contributed by atoms with van der Waals surface area (Å²) in [5.41, 5.74) is 1.23. The molecule has 0 aliphatic carbocycles. The second-order valence-corrected chi connectivity index (χ2v) is 5.89. The Bertz CT molecular complexity index is 505. The summed E-state index contributed by atoms with van der Waals surface area (Å²) in [5.74, 6) is 0.685. The van der Waals surface area contributed by atoms with Gasteiger partial charge in [-0.05, 0) is 57.4 Å². The van der Waals surface area contributed by atoms with Crippen LogP contribution in [0.4, 0.5) is 5.69 Å². The van der Waals surface area contributed by atoms with Crippen LogP contribution in [0.15, 0.2) is 18.2 Å². The number of hydrogen-bond acceptors (Lipinski definition) is 3. The molecule has 0 saturated carbocycles. The van der Waals surface area contributed by atoms with Crippen molar-refractivity contribution in [2.24, 2.45) is 0 Å². The van der Waals surface area contributed by atoms with E-state index in [9.17, 15) is 4.79 Å². The standard InChI is InChI=1S/C15H20N2O2/c1-15(2)14(18)17-12-6-5-10(9-13(12)19-15)8-11-4-3-7-16-11/h5-6,9,11,16H,3-4,7-8H2,1-2H3,(H,17,18). The Hall–Kier alpha value is -1.55. The first-order chi connectivity index (χ1) is 9.04. The second kappa shape index (κ2) is 4.53. The smallest absolute Gasteiger partial charge is 0.268 e. The van der Waals surface area contributed by atoms with E-state index in [4.69, 9.17) is 4.74 Å². The van der Waals surface area contributed by atoms with Gasteiger partial charge < -0.3 is 15.4 Å². The summed E-state index contributed by atoms with van der Waals surface area (Å²) in [4.78, 5) is 11.8. The third-order valence-corrected chi connectivity index (χ3v) is 3.85. The van der Waals surface area contributed by atoms with Crippen LogP contribution in [0.2, 0.25) is 0 Å². The maximum absolute atomic E-state index is 11.8.